The van der Waals surface area contributed by atoms with Gasteiger partial charge in [-0.25, -0.2) is 4.98 Å². The van der Waals surface area contributed by atoms with Crippen LogP contribution in [0, 0.1) is 0 Å². The molecule has 1 aliphatic heterocycles. The summed E-state index contributed by atoms with van der Waals surface area (Å²) in [6, 6.07) is 0. The van der Waals surface area contributed by atoms with Gasteiger partial charge in [-0.1, -0.05) is 0 Å². The second-order valence-electron chi connectivity index (χ2n) is 6.83. The third-order valence-electron chi connectivity index (χ3n) is 5.23. The Morgan fingerprint density at radius 3 is 2.84 bits per heavy atom. The van der Waals surface area contributed by atoms with Gasteiger partial charge in [0.05, 0.1) is 0 Å². The van der Waals surface area contributed by atoms with Crippen molar-refractivity contribution in [3.63, 3.8) is 0 Å². The zero-order valence-electron chi connectivity index (χ0n) is 14.1. The molecular weight excluding hydrogens is 320 g/mol. The van der Waals surface area contributed by atoms with Gasteiger partial charge in [-0.15, -0.1) is 0 Å². The van der Waals surface area contributed by atoms with Crippen LogP contribution in [0.5, 0.6) is 0 Å². The number of hydrogen-bond acceptors (Lipinski definition) is 4. The van der Waals surface area contributed by atoms with E-state index in [4.69, 9.17) is 5.73 Å². The number of imidazole rings is 1. The molecule has 3 N–H and O–H groups in total. The molecule has 4 rings (SSSR count). The fraction of sp³-hybridized carbons (Fsp3) is 0.529. The van der Waals surface area contributed by atoms with E-state index < -0.39 is 0 Å². The first-order valence-corrected chi connectivity index (χ1v) is 8.78. The van der Waals surface area contributed by atoms with Crippen LogP contribution in [-0.4, -0.2) is 49.6 Å². The summed E-state index contributed by atoms with van der Waals surface area (Å²) in [6.07, 6.45) is 8.15. The average Bonchev–Trinajstić information content (AvgIpc) is 3.30. The topological polar surface area (TPSA) is 110 Å². The van der Waals surface area contributed by atoms with Crippen molar-refractivity contribution in [2.75, 3.05) is 13.1 Å². The minimum Gasteiger partial charge on any atom is -0.368 e. The van der Waals surface area contributed by atoms with Gasteiger partial charge in [0, 0.05) is 42.7 Å². The van der Waals surface area contributed by atoms with Crippen LogP contribution >= 0.6 is 0 Å². The Labute approximate surface area is 145 Å². The molecule has 8 nitrogen and oxygen atoms in total. The number of aromatic amines is 1. The molecule has 0 aromatic carbocycles. The van der Waals surface area contributed by atoms with Crippen LogP contribution < -0.4 is 5.73 Å². The van der Waals surface area contributed by atoms with Crippen molar-refractivity contribution in [2.24, 2.45) is 5.73 Å². The minimum atomic E-state index is -0.376. The predicted octanol–water partition coefficient (Wildman–Crippen LogP) is 0.600. The Kier molecular flexibility index (Phi) is 4.03. The van der Waals surface area contributed by atoms with E-state index in [1.807, 2.05) is 9.47 Å². The molecule has 2 aromatic rings. The SMILES string of the molecule is NC(=O)Cn1ccnc1C1CCN(C(=O)c2n[nH]c3c2CCC3)CC1. The highest BCUT2D eigenvalue weighted by atomic mass is 16.2. The standard InChI is InChI=1S/C17H22N6O2/c18-14(24)10-23-9-6-19-16(23)11-4-7-22(8-5-11)17(25)15-12-2-1-3-13(12)20-21-15/h6,9,11H,1-5,7-8,10H2,(H2,18,24)(H,20,21). The molecule has 0 spiro atoms. The van der Waals surface area contributed by atoms with Crippen molar-refractivity contribution < 1.29 is 9.59 Å². The third-order valence-corrected chi connectivity index (χ3v) is 5.23. The first-order valence-electron chi connectivity index (χ1n) is 8.78. The number of carbonyl (C=O) groups excluding carboxylic acids is 2. The van der Waals surface area contributed by atoms with Crippen LogP contribution in [-0.2, 0) is 24.2 Å². The van der Waals surface area contributed by atoms with Crippen molar-refractivity contribution in [2.45, 2.75) is 44.6 Å². The number of H-pyrrole nitrogens is 1. The van der Waals surface area contributed by atoms with E-state index in [2.05, 4.69) is 15.2 Å². The van der Waals surface area contributed by atoms with Crippen LogP contribution in [0.15, 0.2) is 12.4 Å². The Morgan fingerprint density at radius 1 is 1.28 bits per heavy atom. The van der Waals surface area contributed by atoms with E-state index in [9.17, 15) is 9.59 Å². The molecule has 0 radical (unpaired) electrons. The number of likely N-dealkylation sites (tertiary alicyclic amines) is 1. The number of fused-ring (bicyclic) bond motifs is 1. The molecular formula is C17H22N6O2. The maximum Gasteiger partial charge on any atom is 0.274 e. The summed E-state index contributed by atoms with van der Waals surface area (Å²) in [5, 5.41) is 7.25. The van der Waals surface area contributed by atoms with Crippen molar-refractivity contribution in [1.82, 2.24) is 24.6 Å². The quantitative estimate of drug-likeness (QED) is 0.847. The van der Waals surface area contributed by atoms with Crippen LogP contribution in [0.1, 0.15) is 52.8 Å². The predicted molar refractivity (Wildman–Crippen MR) is 89.9 cm³/mol. The molecule has 3 heterocycles. The molecule has 25 heavy (non-hydrogen) atoms. The average molecular weight is 342 g/mol. The summed E-state index contributed by atoms with van der Waals surface area (Å²) in [7, 11) is 0. The summed E-state index contributed by atoms with van der Waals surface area (Å²) in [4.78, 5) is 30.2. The Balaban J connectivity index is 1.42. The normalized spacial score (nSPS) is 17.7. The summed E-state index contributed by atoms with van der Waals surface area (Å²) < 4.78 is 1.81. The molecule has 0 unspecified atom stereocenters. The van der Waals surface area contributed by atoms with Gasteiger partial charge in [0.2, 0.25) is 5.91 Å². The number of primary amides is 1. The van der Waals surface area contributed by atoms with Crippen LogP contribution in [0.3, 0.4) is 0 Å². The van der Waals surface area contributed by atoms with Crippen LogP contribution in [0.4, 0.5) is 0 Å². The molecule has 0 atom stereocenters. The molecule has 132 valence electrons. The molecule has 8 heteroatoms. The lowest BCUT2D eigenvalue weighted by atomic mass is 9.95. The molecule has 2 aliphatic rings. The number of aryl methyl sites for hydroxylation is 1. The first-order chi connectivity index (χ1) is 12.1. The zero-order chi connectivity index (χ0) is 17.4. The molecule has 0 bridgehead atoms. The third kappa shape index (κ3) is 2.92. The van der Waals surface area contributed by atoms with Gasteiger partial charge in [0.15, 0.2) is 5.69 Å². The van der Waals surface area contributed by atoms with E-state index in [1.165, 1.54) is 0 Å². The Bertz CT molecular complexity index is 800. The summed E-state index contributed by atoms with van der Waals surface area (Å²) in [6.45, 7) is 1.50. The molecule has 0 saturated carbocycles. The van der Waals surface area contributed by atoms with E-state index in [-0.39, 0.29) is 24.3 Å². The highest BCUT2D eigenvalue weighted by molar-refractivity contribution is 5.94. The van der Waals surface area contributed by atoms with E-state index in [0.717, 1.165) is 49.2 Å². The van der Waals surface area contributed by atoms with Gasteiger partial charge in [0.25, 0.3) is 5.91 Å². The van der Waals surface area contributed by atoms with Crippen molar-refractivity contribution in [3.05, 3.63) is 35.2 Å². The maximum absolute atomic E-state index is 12.8. The Morgan fingerprint density at radius 2 is 2.08 bits per heavy atom. The smallest absolute Gasteiger partial charge is 0.274 e. The van der Waals surface area contributed by atoms with E-state index >= 15 is 0 Å². The molecule has 1 fully saturated rings. The van der Waals surface area contributed by atoms with Gasteiger partial charge in [0.1, 0.15) is 12.4 Å². The van der Waals surface area contributed by atoms with Crippen molar-refractivity contribution in [3.8, 4) is 0 Å². The number of aromatic nitrogens is 4. The number of amides is 2. The summed E-state index contributed by atoms with van der Waals surface area (Å²) >= 11 is 0. The number of rotatable bonds is 4. The lowest BCUT2D eigenvalue weighted by Crippen LogP contribution is -2.39. The lowest BCUT2D eigenvalue weighted by Gasteiger charge is -2.31. The fourth-order valence-corrected chi connectivity index (χ4v) is 3.97. The van der Waals surface area contributed by atoms with Gasteiger partial charge >= 0.3 is 0 Å². The molecule has 1 saturated heterocycles. The number of piperidine rings is 1. The van der Waals surface area contributed by atoms with Crippen molar-refractivity contribution in [1.29, 1.82) is 0 Å². The molecule has 1 aliphatic carbocycles. The second-order valence-corrected chi connectivity index (χ2v) is 6.83. The number of nitrogens with two attached hydrogens (primary N) is 1. The van der Waals surface area contributed by atoms with Crippen LogP contribution in [0.2, 0.25) is 0 Å². The maximum atomic E-state index is 12.8. The second kappa shape index (κ2) is 6.34. The minimum absolute atomic E-state index is 0.0262. The largest absolute Gasteiger partial charge is 0.368 e. The highest BCUT2D eigenvalue weighted by Crippen LogP contribution is 2.29. The number of hydrogen-bond donors (Lipinski definition) is 2. The molecule has 2 aromatic heterocycles. The van der Waals surface area contributed by atoms with Gasteiger partial charge in [-0.05, 0) is 32.1 Å². The van der Waals surface area contributed by atoms with Gasteiger partial charge < -0.3 is 15.2 Å². The highest BCUT2D eigenvalue weighted by Gasteiger charge is 2.30. The van der Waals surface area contributed by atoms with Gasteiger partial charge in [-0.3, -0.25) is 14.7 Å². The summed E-state index contributed by atoms with van der Waals surface area (Å²) in [5.74, 6) is 0.771. The monoisotopic (exact) mass is 342 g/mol. The molecule has 2 amide bonds. The van der Waals surface area contributed by atoms with Crippen LogP contribution in [0.25, 0.3) is 0 Å². The van der Waals surface area contributed by atoms with E-state index in [1.54, 1.807) is 12.4 Å². The summed E-state index contributed by atoms with van der Waals surface area (Å²) in [5.41, 5.74) is 8.11. The number of nitrogens with zero attached hydrogens (tertiary/aromatic N) is 4. The van der Waals surface area contributed by atoms with E-state index in [0.29, 0.717) is 18.8 Å². The lowest BCUT2D eigenvalue weighted by molar-refractivity contribution is -0.118. The number of carbonyl (C=O) groups is 2. The fourth-order valence-electron chi connectivity index (χ4n) is 3.97. The zero-order valence-corrected chi connectivity index (χ0v) is 14.1. The van der Waals surface area contributed by atoms with Gasteiger partial charge in [-0.2, -0.15) is 5.10 Å². The number of nitrogens with one attached hydrogen (secondary N) is 1. The van der Waals surface area contributed by atoms with Crippen molar-refractivity contribution >= 4 is 11.8 Å². The Hall–Kier alpha value is -2.64. The first kappa shape index (κ1) is 15.9.